The molecule has 1 saturated heterocycles. The van der Waals surface area contributed by atoms with Crippen molar-refractivity contribution in [2.24, 2.45) is 5.41 Å². The molecule has 0 aromatic rings. The van der Waals surface area contributed by atoms with E-state index in [4.69, 9.17) is 9.47 Å². The molecule has 0 aromatic heterocycles. The summed E-state index contributed by atoms with van der Waals surface area (Å²) in [6.45, 7) is 5.71. The number of hydrogen-bond donors (Lipinski definition) is 4. The van der Waals surface area contributed by atoms with E-state index in [-0.39, 0.29) is 19.6 Å². The zero-order chi connectivity index (χ0) is 14.5. The number of hydrogen-bond acceptors (Lipinski definition) is 6. The highest BCUT2D eigenvalue weighted by Crippen LogP contribution is 2.50. The van der Waals surface area contributed by atoms with Gasteiger partial charge >= 0.3 is 0 Å². The molecule has 112 valence electrons. The molecule has 2 bridgehead atoms. The van der Waals surface area contributed by atoms with Crippen molar-refractivity contribution in [3.8, 4) is 0 Å². The summed E-state index contributed by atoms with van der Waals surface area (Å²) in [5, 5.41) is 40.3. The molecule has 2 aliphatic rings. The molecule has 2 rings (SSSR count). The first-order chi connectivity index (χ1) is 8.70. The lowest BCUT2D eigenvalue weighted by Crippen LogP contribution is -2.72. The van der Waals surface area contributed by atoms with Crippen molar-refractivity contribution in [1.82, 2.24) is 0 Å². The summed E-state index contributed by atoms with van der Waals surface area (Å²) in [6, 6.07) is 0. The molecule has 1 saturated carbocycles. The summed E-state index contributed by atoms with van der Waals surface area (Å²) < 4.78 is 11.4. The number of fused-ring (bicyclic) bond motifs is 2. The van der Waals surface area contributed by atoms with Gasteiger partial charge in [-0.3, -0.25) is 0 Å². The monoisotopic (exact) mass is 276 g/mol. The van der Waals surface area contributed by atoms with Gasteiger partial charge in [-0.1, -0.05) is 20.8 Å². The molecule has 6 nitrogen and oxygen atoms in total. The zero-order valence-electron chi connectivity index (χ0n) is 11.7. The van der Waals surface area contributed by atoms with Crippen LogP contribution in [0.4, 0.5) is 0 Å². The van der Waals surface area contributed by atoms with Crippen LogP contribution in [0.2, 0.25) is 0 Å². The topological polar surface area (TPSA) is 99.4 Å². The number of rotatable bonds is 1. The standard InChI is InChI=1S/C13H24O6/c1-11(2,3)13-6-12(7-14,18-4-5-19-13)9(16)8(15)10(13)17/h8-10,14-17H,4-7H2,1-3H3/t8-,9-,10+,12-,13?/m0/s1. The Kier molecular flexibility index (Phi) is 3.71. The van der Waals surface area contributed by atoms with E-state index in [9.17, 15) is 20.4 Å². The van der Waals surface area contributed by atoms with Crippen LogP contribution in [0.1, 0.15) is 27.2 Å². The summed E-state index contributed by atoms with van der Waals surface area (Å²) in [5.74, 6) is 0. The Morgan fingerprint density at radius 2 is 1.63 bits per heavy atom. The van der Waals surface area contributed by atoms with Crippen LogP contribution in [0, 0.1) is 5.41 Å². The maximum absolute atomic E-state index is 10.4. The second-order valence-corrected chi connectivity index (χ2v) is 6.62. The predicted octanol–water partition coefficient (Wildman–Crippen LogP) is -0.964. The molecule has 1 unspecified atom stereocenters. The van der Waals surface area contributed by atoms with E-state index in [1.165, 1.54) is 0 Å². The van der Waals surface area contributed by atoms with Crippen LogP contribution in [0.15, 0.2) is 0 Å². The molecule has 4 N–H and O–H groups in total. The van der Waals surface area contributed by atoms with E-state index in [2.05, 4.69) is 0 Å². The zero-order valence-corrected chi connectivity index (χ0v) is 11.7. The van der Waals surface area contributed by atoms with E-state index in [0.29, 0.717) is 0 Å². The SMILES string of the molecule is CC(C)(C)C12C[C@@](CO)(OCCO1)[C@@H](O)[C@H](O)[C@H]2O. The van der Waals surface area contributed by atoms with Crippen LogP contribution in [-0.4, -0.2) is 69.8 Å². The predicted molar refractivity (Wildman–Crippen MR) is 66.5 cm³/mol. The van der Waals surface area contributed by atoms with Gasteiger partial charge in [0.15, 0.2) is 0 Å². The van der Waals surface area contributed by atoms with Crippen molar-refractivity contribution in [1.29, 1.82) is 0 Å². The minimum Gasteiger partial charge on any atom is -0.393 e. The van der Waals surface area contributed by atoms with E-state index >= 15 is 0 Å². The van der Waals surface area contributed by atoms with Crippen LogP contribution >= 0.6 is 0 Å². The van der Waals surface area contributed by atoms with Gasteiger partial charge in [0.25, 0.3) is 0 Å². The van der Waals surface area contributed by atoms with Gasteiger partial charge < -0.3 is 29.9 Å². The van der Waals surface area contributed by atoms with Gasteiger partial charge in [-0.15, -0.1) is 0 Å². The minimum absolute atomic E-state index is 0.138. The molecule has 5 atom stereocenters. The lowest BCUT2D eigenvalue weighted by molar-refractivity contribution is -0.282. The third-order valence-corrected chi connectivity index (χ3v) is 4.60. The molecule has 1 aliphatic carbocycles. The smallest absolute Gasteiger partial charge is 0.122 e. The van der Waals surface area contributed by atoms with Crippen molar-refractivity contribution < 1.29 is 29.9 Å². The summed E-state index contributed by atoms with van der Waals surface area (Å²) in [6.07, 6.45) is -3.86. The average Bonchev–Trinajstić information content (AvgIpc) is 2.54. The van der Waals surface area contributed by atoms with Gasteiger partial charge in [0.2, 0.25) is 0 Å². The highest BCUT2D eigenvalue weighted by Gasteiger charge is 2.65. The highest BCUT2D eigenvalue weighted by atomic mass is 16.6. The average molecular weight is 276 g/mol. The van der Waals surface area contributed by atoms with E-state index in [0.717, 1.165) is 0 Å². The van der Waals surface area contributed by atoms with Crippen LogP contribution in [0.5, 0.6) is 0 Å². The van der Waals surface area contributed by atoms with E-state index in [1.54, 1.807) is 0 Å². The maximum atomic E-state index is 10.4. The molecule has 1 heterocycles. The third kappa shape index (κ3) is 2.02. The van der Waals surface area contributed by atoms with Crippen molar-refractivity contribution >= 4 is 0 Å². The van der Waals surface area contributed by atoms with Crippen LogP contribution in [-0.2, 0) is 9.47 Å². The lowest BCUT2D eigenvalue weighted by atomic mass is 9.60. The molecule has 0 spiro atoms. The Morgan fingerprint density at radius 3 is 2.16 bits per heavy atom. The third-order valence-electron chi connectivity index (χ3n) is 4.60. The molecule has 6 heteroatoms. The van der Waals surface area contributed by atoms with Crippen molar-refractivity contribution in [2.75, 3.05) is 19.8 Å². The first-order valence-corrected chi connectivity index (χ1v) is 6.63. The van der Waals surface area contributed by atoms with Gasteiger partial charge in [0, 0.05) is 6.42 Å². The fourth-order valence-corrected chi connectivity index (χ4v) is 3.28. The summed E-state index contributed by atoms with van der Waals surface area (Å²) >= 11 is 0. The van der Waals surface area contributed by atoms with Crippen LogP contribution in [0.3, 0.4) is 0 Å². The van der Waals surface area contributed by atoms with Crippen LogP contribution in [0.25, 0.3) is 0 Å². The van der Waals surface area contributed by atoms with Gasteiger partial charge in [0.1, 0.15) is 29.5 Å². The fraction of sp³-hybridized carbons (Fsp3) is 1.00. The first-order valence-electron chi connectivity index (χ1n) is 6.63. The van der Waals surface area contributed by atoms with E-state index in [1.807, 2.05) is 20.8 Å². The Hall–Kier alpha value is -0.240. The van der Waals surface area contributed by atoms with E-state index < -0.39 is 41.5 Å². The van der Waals surface area contributed by atoms with Crippen molar-refractivity contribution in [2.45, 2.75) is 56.7 Å². The van der Waals surface area contributed by atoms with Crippen LogP contribution < -0.4 is 0 Å². The number of aliphatic hydroxyl groups is 4. The molecule has 0 aromatic carbocycles. The largest absolute Gasteiger partial charge is 0.393 e. The Morgan fingerprint density at radius 1 is 1.05 bits per heavy atom. The molecule has 0 radical (unpaired) electrons. The van der Waals surface area contributed by atoms with Gasteiger partial charge in [-0.2, -0.15) is 0 Å². The Labute approximate surface area is 113 Å². The summed E-state index contributed by atoms with van der Waals surface area (Å²) in [7, 11) is 0. The normalized spacial score (nSPS) is 47.8. The summed E-state index contributed by atoms with van der Waals surface area (Å²) in [4.78, 5) is 0. The van der Waals surface area contributed by atoms with Crippen molar-refractivity contribution in [3.63, 3.8) is 0 Å². The maximum Gasteiger partial charge on any atom is 0.122 e. The first kappa shape index (κ1) is 15.2. The summed E-state index contributed by atoms with van der Waals surface area (Å²) in [5.41, 5.74) is -2.84. The highest BCUT2D eigenvalue weighted by molar-refractivity contribution is 5.15. The van der Waals surface area contributed by atoms with Gasteiger partial charge in [0.05, 0.1) is 19.8 Å². The molecule has 0 amide bonds. The molecular weight excluding hydrogens is 252 g/mol. The second kappa shape index (κ2) is 4.65. The lowest BCUT2D eigenvalue weighted by Gasteiger charge is -2.56. The minimum atomic E-state index is -1.42. The Balaban J connectivity index is 2.52. The number of aliphatic hydroxyl groups excluding tert-OH is 4. The molecule has 1 aliphatic heterocycles. The van der Waals surface area contributed by atoms with Gasteiger partial charge in [-0.05, 0) is 5.41 Å². The number of ether oxygens (including phenoxy) is 2. The van der Waals surface area contributed by atoms with Gasteiger partial charge in [-0.25, -0.2) is 0 Å². The quantitative estimate of drug-likeness (QED) is 0.492. The van der Waals surface area contributed by atoms with Crippen molar-refractivity contribution in [3.05, 3.63) is 0 Å². The Bertz CT molecular complexity index is 341. The molecular formula is C13H24O6. The molecule has 19 heavy (non-hydrogen) atoms. The molecule has 2 fully saturated rings. The fourth-order valence-electron chi connectivity index (χ4n) is 3.28. The second-order valence-electron chi connectivity index (χ2n) is 6.62.